The third-order valence-corrected chi connectivity index (χ3v) is 2.96. The van der Waals surface area contributed by atoms with Crippen molar-refractivity contribution in [2.45, 2.75) is 12.8 Å². The van der Waals surface area contributed by atoms with E-state index in [0.717, 1.165) is 6.92 Å². The highest BCUT2D eigenvalue weighted by Gasteiger charge is 2.32. The van der Waals surface area contributed by atoms with Crippen LogP contribution in [0.2, 0.25) is 0 Å². The summed E-state index contributed by atoms with van der Waals surface area (Å²) >= 11 is 0. The van der Waals surface area contributed by atoms with Gasteiger partial charge in [-0.2, -0.15) is 0 Å². The highest BCUT2D eigenvalue weighted by molar-refractivity contribution is 5.70. The number of aromatic nitrogens is 1. The Morgan fingerprint density at radius 1 is 1.15 bits per heavy atom. The largest absolute Gasteiger partial charge is 0.486 e. The van der Waals surface area contributed by atoms with Crippen molar-refractivity contribution in [2.24, 2.45) is 0 Å². The van der Waals surface area contributed by atoms with Crippen molar-refractivity contribution in [3.63, 3.8) is 0 Å². The maximum absolute atomic E-state index is 13.8. The van der Waals surface area contributed by atoms with Gasteiger partial charge in [-0.25, -0.2) is 8.78 Å². The van der Waals surface area contributed by atoms with E-state index in [-0.39, 0.29) is 22.7 Å². The molecule has 7 heteroatoms. The second kappa shape index (κ2) is 4.36. The van der Waals surface area contributed by atoms with Crippen LogP contribution in [-0.4, -0.2) is 18.4 Å². The number of fused-ring (bicyclic) bond motifs is 1. The maximum atomic E-state index is 13.8. The van der Waals surface area contributed by atoms with Crippen LogP contribution in [0.4, 0.5) is 14.7 Å². The van der Waals surface area contributed by atoms with Crippen molar-refractivity contribution in [2.75, 3.05) is 18.9 Å². The van der Waals surface area contributed by atoms with Gasteiger partial charge >= 0.3 is 0 Å². The van der Waals surface area contributed by atoms with Gasteiger partial charge < -0.3 is 19.7 Å². The molecule has 2 heterocycles. The molecule has 5 nitrogen and oxygen atoms in total. The van der Waals surface area contributed by atoms with E-state index in [0.29, 0.717) is 24.7 Å². The Hall–Kier alpha value is -2.31. The fraction of sp³-hybridized carbons (Fsp3) is 0.308. The van der Waals surface area contributed by atoms with E-state index in [1.807, 2.05) is 0 Å². The van der Waals surface area contributed by atoms with Crippen molar-refractivity contribution in [1.29, 1.82) is 0 Å². The lowest BCUT2D eigenvalue weighted by Crippen LogP contribution is -2.17. The number of nitrogen functional groups attached to an aromatic ring is 1. The maximum Gasteiger partial charge on any atom is 0.271 e. The molecule has 20 heavy (non-hydrogen) atoms. The van der Waals surface area contributed by atoms with E-state index < -0.39 is 5.92 Å². The number of rotatable bonds is 2. The van der Waals surface area contributed by atoms with Crippen LogP contribution in [0.5, 0.6) is 11.5 Å². The first-order chi connectivity index (χ1) is 9.45. The van der Waals surface area contributed by atoms with E-state index in [1.54, 1.807) is 0 Å². The molecule has 2 N–H and O–H groups in total. The number of benzene rings is 1. The monoisotopic (exact) mass is 282 g/mol. The van der Waals surface area contributed by atoms with Crippen LogP contribution in [0.3, 0.4) is 0 Å². The molecule has 3 rings (SSSR count). The molecule has 0 radical (unpaired) electrons. The minimum atomic E-state index is -3.06. The lowest BCUT2D eigenvalue weighted by Gasteiger charge is -2.22. The molecule has 0 spiro atoms. The van der Waals surface area contributed by atoms with Crippen LogP contribution in [0.15, 0.2) is 22.7 Å². The third kappa shape index (κ3) is 2.15. The predicted molar refractivity (Wildman–Crippen MR) is 66.9 cm³/mol. The standard InChI is InChI=1S/C13H12F2N2O3/c1-13(14,15)8-5-11-10(18-2-3-19-11)4-7(8)9-6-12(16)20-17-9/h4-6H,2-3,16H2,1H3. The van der Waals surface area contributed by atoms with Gasteiger partial charge in [0.05, 0.1) is 0 Å². The average Bonchev–Trinajstić information content (AvgIpc) is 2.83. The minimum Gasteiger partial charge on any atom is -0.486 e. The zero-order valence-corrected chi connectivity index (χ0v) is 10.7. The van der Waals surface area contributed by atoms with Crippen LogP contribution >= 0.6 is 0 Å². The normalized spacial score (nSPS) is 14.3. The first kappa shape index (κ1) is 12.7. The lowest BCUT2D eigenvalue weighted by molar-refractivity contribution is 0.0175. The van der Waals surface area contributed by atoms with Gasteiger partial charge in [-0.05, 0) is 12.1 Å². The molecule has 0 unspecified atom stereocenters. The summed E-state index contributed by atoms with van der Waals surface area (Å²) in [6, 6.07) is 4.13. The van der Waals surface area contributed by atoms with E-state index in [9.17, 15) is 8.78 Å². The molecule has 1 aliphatic heterocycles. The van der Waals surface area contributed by atoms with Crippen LogP contribution in [0.1, 0.15) is 12.5 Å². The molecule has 0 fully saturated rings. The Morgan fingerprint density at radius 2 is 1.80 bits per heavy atom. The molecular formula is C13H12F2N2O3. The predicted octanol–water partition coefficient (Wildman–Crippen LogP) is 2.81. The molecule has 1 aliphatic rings. The summed E-state index contributed by atoms with van der Waals surface area (Å²) in [5, 5.41) is 3.68. The molecule has 1 aromatic heterocycles. The summed E-state index contributed by atoms with van der Waals surface area (Å²) in [4.78, 5) is 0. The number of alkyl halides is 2. The van der Waals surface area contributed by atoms with Crippen molar-refractivity contribution in [1.82, 2.24) is 5.16 Å². The van der Waals surface area contributed by atoms with Gasteiger partial charge in [0.25, 0.3) is 5.92 Å². The lowest BCUT2D eigenvalue weighted by atomic mass is 9.98. The fourth-order valence-electron chi connectivity index (χ4n) is 2.08. The van der Waals surface area contributed by atoms with Gasteiger partial charge in [-0.15, -0.1) is 0 Å². The fourth-order valence-corrected chi connectivity index (χ4v) is 2.08. The quantitative estimate of drug-likeness (QED) is 0.917. The Bertz CT molecular complexity index is 650. The van der Waals surface area contributed by atoms with Crippen molar-refractivity contribution in [3.8, 4) is 22.8 Å². The number of nitrogens with two attached hydrogens (primary N) is 1. The van der Waals surface area contributed by atoms with Crippen LogP contribution in [-0.2, 0) is 5.92 Å². The number of nitrogens with zero attached hydrogens (tertiary/aromatic N) is 1. The number of hydrogen-bond acceptors (Lipinski definition) is 5. The Kier molecular flexibility index (Phi) is 2.77. The number of ether oxygens (including phenoxy) is 2. The van der Waals surface area contributed by atoms with E-state index >= 15 is 0 Å². The number of halogens is 2. The summed E-state index contributed by atoms with van der Waals surface area (Å²) < 4.78 is 43.1. The van der Waals surface area contributed by atoms with E-state index in [2.05, 4.69) is 5.16 Å². The van der Waals surface area contributed by atoms with Gasteiger partial charge in [0.15, 0.2) is 11.5 Å². The van der Waals surface area contributed by atoms with Crippen LogP contribution in [0, 0.1) is 0 Å². The molecule has 106 valence electrons. The molecule has 0 saturated carbocycles. The summed E-state index contributed by atoms with van der Waals surface area (Å²) in [6.45, 7) is 1.51. The minimum absolute atomic E-state index is 0.0558. The van der Waals surface area contributed by atoms with Gasteiger partial charge in [0.2, 0.25) is 5.88 Å². The smallest absolute Gasteiger partial charge is 0.271 e. The summed E-state index contributed by atoms with van der Waals surface area (Å²) in [7, 11) is 0. The summed E-state index contributed by atoms with van der Waals surface area (Å²) in [6.07, 6.45) is 0. The molecule has 1 aromatic carbocycles. The topological polar surface area (TPSA) is 70.5 Å². The van der Waals surface area contributed by atoms with Gasteiger partial charge in [0, 0.05) is 24.1 Å². The number of anilines is 1. The van der Waals surface area contributed by atoms with Crippen LogP contribution in [0.25, 0.3) is 11.3 Å². The molecule has 0 amide bonds. The summed E-state index contributed by atoms with van der Waals surface area (Å²) in [5.41, 5.74) is 5.67. The first-order valence-electron chi connectivity index (χ1n) is 5.99. The molecule has 0 aliphatic carbocycles. The molecular weight excluding hydrogens is 270 g/mol. The zero-order valence-electron chi connectivity index (χ0n) is 10.7. The number of hydrogen-bond donors (Lipinski definition) is 1. The average molecular weight is 282 g/mol. The highest BCUT2D eigenvalue weighted by Crippen LogP contribution is 2.43. The Balaban J connectivity index is 2.20. The first-order valence-corrected chi connectivity index (χ1v) is 5.99. The van der Waals surface area contributed by atoms with Crippen molar-refractivity contribution < 1.29 is 22.8 Å². The second-order valence-electron chi connectivity index (χ2n) is 4.54. The molecule has 0 atom stereocenters. The second-order valence-corrected chi connectivity index (χ2v) is 4.54. The van der Waals surface area contributed by atoms with Crippen molar-refractivity contribution in [3.05, 3.63) is 23.8 Å². The van der Waals surface area contributed by atoms with E-state index in [1.165, 1.54) is 18.2 Å². The van der Waals surface area contributed by atoms with Crippen molar-refractivity contribution >= 4 is 5.88 Å². The molecule has 0 bridgehead atoms. The van der Waals surface area contributed by atoms with Gasteiger partial charge in [-0.3, -0.25) is 0 Å². The SMILES string of the molecule is CC(F)(F)c1cc2c(cc1-c1cc(N)on1)OCCO2. The zero-order chi connectivity index (χ0) is 14.3. The summed E-state index contributed by atoms with van der Waals surface area (Å²) in [5.74, 6) is -2.30. The molecule has 0 saturated heterocycles. The van der Waals surface area contributed by atoms with Gasteiger partial charge in [0.1, 0.15) is 18.9 Å². The Morgan fingerprint density at radius 3 is 2.35 bits per heavy atom. The van der Waals surface area contributed by atoms with E-state index in [4.69, 9.17) is 19.7 Å². The molecule has 2 aromatic rings. The third-order valence-electron chi connectivity index (χ3n) is 2.96. The highest BCUT2D eigenvalue weighted by atomic mass is 19.3. The Labute approximate surface area is 113 Å². The van der Waals surface area contributed by atoms with Gasteiger partial charge in [-0.1, -0.05) is 5.16 Å². The van der Waals surface area contributed by atoms with Crippen LogP contribution < -0.4 is 15.2 Å².